The number of ether oxygens (including phenoxy) is 2. The fourth-order valence-corrected chi connectivity index (χ4v) is 1.08. The van der Waals surface area contributed by atoms with Crippen LogP contribution in [-0.4, -0.2) is 24.8 Å². The zero-order valence-corrected chi connectivity index (χ0v) is 9.11. The standard InChI is InChI=1S/C11H18N2O2/c1-2-3-4-14-5-6-15-11-7-10(12)8-13-9-11/h7-9H,2-6,12H2,1H3. The van der Waals surface area contributed by atoms with Gasteiger partial charge in [0, 0.05) is 12.7 Å². The van der Waals surface area contributed by atoms with Gasteiger partial charge in [-0.1, -0.05) is 13.3 Å². The predicted octanol–water partition coefficient (Wildman–Crippen LogP) is 1.86. The summed E-state index contributed by atoms with van der Waals surface area (Å²) >= 11 is 0. The Morgan fingerprint density at radius 2 is 2.13 bits per heavy atom. The summed E-state index contributed by atoms with van der Waals surface area (Å²) in [5, 5.41) is 0. The van der Waals surface area contributed by atoms with Crippen molar-refractivity contribution >= 4 is 5.69 Å². The van der Waals surface area contributed by atoms with E-state index in [0.717, 1.165) is 19.4 Å². The number of hydrogen-bond donors (Lipinski definition) is 1. The van der Waals surface area contributed by atoms with Crippen molar-refractivity contribution in [3.8, 4) is 5.75 Å². The number of hydrogen-bond acceptors (Lipinski definition) is 4. The molecular weight excluding hydrogens is 192 g/mol. The highest BCUT2D eigenvalue weighted by molar-refractivity contribution is 5.39. The molecular formula is C11H18N2O2. The number of aromatic nitrogens is 1. The van der Waals surface area contributed by atoms with Crippen LogP contribution >= 0.6 is 0 Å². The molecule has 84 valence electrons. The molecule has 15 heavy (non-hydrogen) atoms. The number of pyridine rings is 1. The Kier molecular flexibility index (Phi) is 5.55. The average Bonchev–Trinajstić information content (AvgIpc) is 2.23. The zero-order valence-electron chi connectivity index (χ0n) is 9.11. The summed E-state index contributed by atoms with van der Waals surface area (Å²) in [4.78, 5) is 3.92. The van der Waals surface area contributed by atoms with Crippen molar-refractivity contribution in [2.45, 2.75) is 19.8 Å². The van der Waals surface area contributed by atoms with Gasteiger partial charge in [-0.15, -0.1) is 0 Å². The number of unbranched alkanes of at least 4 members (excludes halogenated alkanes) is 1. The Balaban J connectivity index is 2.10. The molecule has 0 spiro atoms. The lowest BCUT2D eigenvalue weighted by atomic mass is 10.4. The zero-order chi connectivity index (χ0) is 10.9. The van der Waals surface area contributed by atoms with Crippen molar-refractivity contribution in [1.82, 2.24) is 4.98 Å². The maximum absolute atomic E-state index is 5.55. The van der Waals surface area contributed by atoms with Crippen molar-refractivity contribution in [3.05, 3.63) is 18.5 Å². The first-order valence-electron chi connectivity index (χ1n) is 5.24. The molecule has 1 aromatic rings. The highest BCUT2D eigenvalue weighted by atomic mass is 16.5. The first-order chi connectivity index (χ1) is 7.33. The van der Waals surface area contributed by atoms with Crippen LogP contribution in [0.1, 0.15) is 19.8 Å². The molecule has 2 N–H and O–H groups in total. The van der Waals surface area contributed by atoms with Gasteiger partial charge in [-0.25, -0.2) is 0 Å². The van der Waals surface area contributed by atoms with Crippen molar-refractivity contribution < 1.29 is 9.47 Å². The molecule has 4 heteroatoms. The molecule has 4 nitrogen and oxygen atoms in total. The Morgan fingerprint density at radius 3 is 2.87 bits per heavy atom. The normalized spacial score (nSPS) is 10.2. The summed E-state index contributed by atoms with van der Waals surface area (Å²) in [6.07, 6.45) is 5.48. The van der Waals surface area contributed by atoms with E-state index >= 15 is 0 Å². The van der Waals surface area contributed by atoms with Gasteiger partial charge in [-0.05, 0) is 6.42 Å². The third-order valence-corrected chi connectivity index (χ3v) is 1.87. The molecule has 0 aliphatic heterocycles. The second kappa shape index (κ2) is 7.06. The largest absolute Gasteiger partial charge is 0.489 e. The summed E-state index contributed by atoms with van der Waals surface area (Å²) in [7, 11) is 0. The van der Waals surface area contributed by atoms with Gasteiger partial charge in [0.25, 0.3) is 0 Å². The van der Waals surface area contributed by atoms with Crippen molar-refractivity contribution in [2.24, 2.45) is 0 Å². The second-order valence-electron chi connectivity index (χ2n) is 3.27. The lowest BCUT2D eigenvalue weighted by Crippen LogP contribution is -2.07. The minimum absolute atomic E-state index is 0.537. The molecule has 0 radical (unpaired) electrons. The van der Waals surface area contributed by atoms with Crippen LogP contribution < -0.4 is 10.5 Å². The van der Waals surface area contributed by atoms with Gasteiger partial charge in [0.15, 0.2) is 0 Å². The Morgan fingerprint density at radius 1 is 1.27 bits per heavy atom. The molecule has 0 saturated heterocycles. The Bertz CT molecular complexity index is 279. The molecule has 0 aromatic carbocycles. The molecule has 1 aromatic heterocycles. The number of rotatable bonds is 7. The van der Waals surface area contributed by atoms with Gasteiger partial charge in [0.05, 0.1) is 24.7 Å². The lowest BCUT2D eigenvalue weighted by molar-refractivity contribution is 0.0979. The monoisotopic (exact) mass is 210 g/mol. The fourth-order valence-electron chi connectivity index (χ4n) is 1.08. The summed E-state index contributed by atoms with van der Waals surface area (Å²) in [5.74, 6) is 0.689. The minimum atomic E-state index is 0.537. The number of anilines is 1. The van der Waals surface area contributed by atoms with Gasteiger partial charge >= 0.3 is 0 Å². The van der Waals surface area contributed by atoms with Crippen LogP contribution in [0.2, 0.25) is 0 Å². The van der Waals surface area contributed by atoms with Crippen LogP contribution in [0.3, 0.4) is 0 Å². The number of nitrogens with two attached hydrogens (primary N) is 1. The van der Waals surface area contributed by atoms with E-state index in [1.165, 1.54) is 0 Å². The molecule has 0 atom stereocenters. The van der Waals surface area contributed by atoms with Crippen molar-refractivity contribution in [1.29, 1.82) is 0 Å². The summed E-state index contributed by atoms with van der Waals surface area (Å²) in [6, 6.07) is 1.75. The Hall–Kier alpha value is -1.29. The number of nitrogens with zero attached hydrogens (tertiary/aromatic N) is 1. The summed E-state index contributed by atoms with van der Waals surface area (Å²) in [6.45, 7) is 4.08. The molecule has 1 heterocycles. The minimum Gasteiger partial charge on any atom is -0.489 e. The van der Waals surface area contributed by atoms with E-state index in [0.29, 0.717) is 24.7 Å². The van der Waals surface area contributed by atoms with Gasteiger partial charge in [-0.3, -0.25) is 4.98 Å². The fraction of sp³-hybridized carbons (Fsp3) is 0.545. The molecule has 0 bridgehead atoms. The maximum atomic E-state index is 5.55. The van der Waals surface area contributed by atoms with E-state index < -0.39 is 0 Å². The molecule has 0 aliphatic rings. The third kappa shape index (κ3) is 5.22. The lowest BCUT2D eigenvalue weighted by Gasteiger charge is -2.06. The van der Waals surface area contributed by atoms with Crippen LogP contribution in [0.15, 0.2) is 18.5 Å². The molecule has 0 saturated carbocycles. The highest BCUT2D eigenvalue weighted by Crippen LogP contribution is 2.11. The van der Waals surface area contributed by atoms with Crippen LogP contribution in [-0.2, 0) is 4.74 Å². The van der Waals surface area contributed by atoms with Crippen molar-refractivity contribution in [2.75, 3.05) is 25.6 Å². The smallest absolute Gasteiger partial charge is 0.139 e. The van der Waals surface area contributed by atoms with Gasteiger partial charge in [-0.2, -0.15) is 0 Å². The van der Waals surface area contributed by atoms with E-state index in [1.807, 2.05) is 0 Å². The van der Waals surface area contributed by atoms with Crippen LogP contribution in [0.4, 0.5) is 5.69 Å². The van der Waals surface area contributed by atoms with E-state index in [2.05, 4.69) is 11.9 Å². The topological polar surface area (TPSA) is 57.4 Å². The summed E-state index contributed by atoms with van der Waals surface area (Å²) < 4.78 is 10.7. The van der Waals surface area contributed by atoms with E-state index in [9.17, 15) is 0 Å². The first-order valence-corrected chi connectivity index (χ1v) is 5.24. The van der Waals surface area contributed by atoms with E-state index in [1.54, 1.807) is 18.5 Å². The number of nitrogen functional groups attached to an aromatic ring is 1. The van der Waals surface area contributed by atoms with Crippen LogP contribution in [0, 0.1) is 0 Å². The van der Waals surface area contributed by atoms with Gasteiger partial charge < -0.3 is 15.2 Å². The van der Waals surface area contributed by atoms with Crippen LogP contribution in [0.25, 0.3) is 0 Å². The maximum Gasteiger partial charge on any atom is 0.139 e. The quantitative estimate of drug-likeness (QED) is 0.698. The average molecular weight is 210 g/mol. The molecule has 0 aliphatic carbocycles. The molecule has 0 unspecified atom stereocenters. The molecule has 0 amide bonds. The first kappa shape index (κ1) is 11.8. The van der Waals surface area contributed by atoms with Crippen molar-refractivity contribution in [3.63, 3.8) is 0 Å². The molecule has 0 fully saturated rings. The molecule has 1 rings (SSSR count). The predicted molar refractivity (Wildman–Crippen MR) is 59.9 cm³/mol. The van der Waals surface area contributed by atoms with E-state index in [-0.39, 0.29) is 0 Å². The van der Waals surface area contributed by atoms with E-state index in [4.69, 9.17) is 15.2 Å². The summed E-state index contributed by atoms with van der Waals surface area (Å²) in [5.41, 5.74) is 6.17. The highest BCUT2D eigenvalue weighted by Gasteiger charge is 1.94. The SMILES string of the molecule is CCCCOCCOc1cncc(N)c1. The van der Waals surface area contributed by atoms with Crippen LogP contribution in [0.5, 0.6) is 5.75 Å². The third-order valence-electron chi connectivity index (χ3n) is 1.87. The van der Waals surface area contributed by atoms with Gasteiger partial charge in [0.2, 0.25) is 0 Å². The Labute approximate surface area is 90.4 Å². The van der Waals surface area contributed by atoms with Gasteiger partial charge in [0.1, 0.15) is 12.4 Å². The second-order valence-corrected chi connectivity index (χ2v) is 3.27.